The van der Waals surface area contributed by atoms with E-state index in [1.807, 2.05) is 0 Å². The van der Waals surface area contributed by atoms with Gasteiger partial charge in [-0.1, -0.05) is 0 Å². The van der Waals surface area contributed by atoms with Crippen molar-refractivity contribution < 1.29 is 23.1 Å². The molecule has 0 aliphatic carbocycles. The second-order valence-electron chi connectivity index (χ2n) is 3.32. The molecule has 0 spiro atoms. The monoisotopic (exact) mass is 241 g/mol. The van der Waals surface area contributed by atoms with Gasteiger partial charge in [-0.25, -0.2) is 18.0 Å². The van der Waals surface area contributed by atoms with Gasteiger partial charge in [0, 0.05) is 23.4 Å². The van der Waals surface area contributed by atoms with E-state index in [2.05, 4.69) is 4.98 Å². The number of carboxylic acid groups (broad SMARTS) is 1. The lowest BCUT2D eigenvalue weighted by atomic mass is 10.1. The van der Waals surface area contributed by atoms with Crippen molar-refractivity contribution in [2.45, 2.75) is 0 Å². The molecule has 17 heavy (non-hydrogen) atoms. The van der Waals surface area contributed by atoms with E-state index >= 15 is 0 Å². The number of hydrogen-bond donors (Lipinski definition) is 2. The fourth-order valence-electron chi connectivity index (χ4n) is 1.50. The first-order valence-corrected chi connectivity index (χ1v) is 4.56. The van der Waals surface area contributed by atoms with Crippen LogP contribution in [0.1, 0.15) is 10.5 Å². The molecular formula is C11H6F3NO2. The lowest BCUT2D eigenvalue weighted by Gasteiger charge is -2.03. The molecule has 0 saturated heterocycles. The normalized spacial score (nSPS) is 10.5. The summed E-state index contributed by atoms with van der Waals surface area (Å²) in [5.74, 6) is -4.89. The first-order chi connectivity index (χ1) is 8.00. The summed E-state index contributed by atoms with van der Waals surface area (Å²) in [5, 5.41) is 8.81. The fraction of sp³-hybridized carbons (Fsp3) is 0. The lowest BCUT2D eigenvalue weighted by molar-refractivity contribution is 0.0692. The summed E-state index contributed by atoms with van der Waals surface area (Å²) in [6, 6.07) is 2.28. The van der Waals surface area contributed by atoms with E-state index in [9.17, 15) is 18.0 Å². The predicted octanol–water partition coefficient (Wildman–Crippen LogP) is 2.80. The third kappa shape index (κ3) is 1.89. The van der Waals surface area contributed by atoms with E-state index in [0.29, 0.717) is 12.1 Å². The van der Waals surface area contributed by atoms with Crippen molar-refractivity contribution in [2.24, 2.45) is 0 Å². The fourth-order valence-corrected chi connectivity index (χ4v) is 1.50. The summed E-state index contributed by atoms with van der Waals surface area (Å²) in [7, 11) is 0. The van der Waals surface area contributed by atoms with E-state index in [1.54, 1.807) is 0 Å². The van der Waals surface area contributed by atoms with Gasteiger partial charge in [0.05, 0.1) is 0 Å². The van der Waals surface area contributed by atoms with Gasteiger partial charge in [-0.05, 0) is 12.1 Å². The van der Waals surface area contributed by atoms with Gasteiger partial charge in [0.2, 0.25) is 0 Å². The van der Waals surface area contributed by atoms with E-state index in [4.69, 9.17) is 5.11 Å². The molecule has 0 amide bonds. The number of halogens is 3. The number of rotatable bonds is 2. The maximum absolute atomic E-state index is 13.4. The van der Waals surface area contributed by atoms with E-state index < -0.39 is 23.4 Å². The summed E-state index contributed by atoms with van der Waals surface area (Å²) in [4.78, 5) is 13.2. The standard InChI is InChI=1S/C11H6F3NO2/c12-7-4-9(14)8(13)3-6(7)5-1-2-15-10(5)11(16)17/h1-4,15H,(H,16,17). The van der Waals surface area contributed by atoms with Crippen LogP contribution in [0.2, 0.25) is 0 Å². The molecule has 0 unspecified atom stereocenters. The Labute approximate surface area is 93.5 Å². The van der Waals surface area contributed by atoms with Crippen molar-refractivity contribution in [3.8, 4) is 11.1 Å². The molecule has 3 nitrogen and oxygen atoms in total. The Hall–Kier alpha value is -2.24. The number of nitrogens with one attached hydrogen (secondary N) is 1. The number of aromatic carboxylic acids is 1. The van der Waals surface area contributed by atoms with Gasteiger partial charge in [0.25, 0.3) is 0 Å². The zero-order valence-electron chi connectivity index (χ0n) is 8.30. The Kier molecular flexibility index (Phi) is 2.63. The molecule has 0 fully saturated rings. The number of carbonyl (C=O) groups is 1. The molecular weight excluding hydrogens is 235 g/mol. The summed E-state index contributed by atoms with van der Waals surface area (Å²) >= 11 is 0. The van der Waals surface area contributed by atoms with Crippen LogP contribution in [0.5, 0.6) is 0 Å². The SMILES string of the molecule is O=C(O)c1[nH]ccc1-c1cc(F)c(F)cc1F. The van der Waals surface area contributed by atoms with Crippen molar-refractivity contribution in [1.29, 1.82) is 0 Å². The van der Waals surface area contributed by atoms with Gasteiger partial charge in [0.1, 0.15) is 11.5 Å². The van der Waals surface area contributed by atoms with Crippen LogP contribution < -0.4 is 0 Å². The minimum atomic E-state index is -1.32. The third-order valence-electron chi connectivity index (χ3n) is 2.26. The van der Waals surface area contributed by atoms with Crippen LogP contribution in [0, 0.1) is 17.5 Å². The molecule has 88 valence electrons. The topological polar surface area (TPSA) is 53.1 Å². The largest absolute Gasteiger partial charge is 0.477 e. The van der Waals surface area contributed by atoms with Gasteiger partial charge in [-0.3, -0.25) is 0 Å². The first-order valence-electron chi connectivity index (χ1n) is 4.56. The minimum Gasteiger partial charge on any atom is -0.477 e. The Morgan fingerprint density at radius 1 is 1.06 bits per heavy atom. The van der Waals surface area contributed by atoms with Gasteiger partial charge in [0.15, 0.2) is 11.6 Å². The van der Waals surface area contributed by atoms with Crippen molar-refractivity contribution in [1.82, 2.24) is 4.98 Å². The molecule has 0 bridgehead atoms. The van der Waals surface area contributed by atoms with Gasteiger partial charge in [-0.15, -0.1) is 0 Å². The summed E-state index contributed by atoms with van der Waals surface area (Å²) in [6.45, 7) is 0. The summed E-state index contributed by atoms with van der Waals surface area (Å²) in [6.07, 6.45) is 1.28. The number of benzene rings is 1. The van der Waals surface area contributed by atoms with Gasteiger partial charge in [-0.2, -0.15) is 0 Å². The molecule has 0 aliphatic rings. The predicted molar refractivity (Wildman–Crippen MR) is 53.1 cm³/mol. The quantitative estimate of drug-likeness (QED) is 0.794. The maximum atomic E-state index is 13.4. The highest BCUT2D eigenvalue weighted by Crippen LogP contribution is 2.27. The third-order valence-corrected chi connectivity index (χ3v) is 2.26. The van der Waals surface area contributed by atoms with Crippen molar-refractivity contribution in [2.75, 3.05) is 0 Å². The number of hydrogen-bond acceptors (Lipinski definition) is 1. The van der Waals surface area contributed by atoms with E-state index in [0.717, 1.165) is 0 Å². The van der Waals surface area contributed by atoms with Crippen LogP contribution >= 0.6 is 0 Å². The number of H-pyrrole nitrogens is 1. The zero-order valence-corrected chi connectivity index (χ0v) is 8.30. The second kappa shape index (κ2) is 3.97. The number of aromatic nitrogens is 1. The van der Waals surface area contributed by atoms with E-state index in [1.165, 1.54) is 12.3 Å². The molecule has 2 N–H and O–H groups in total. The summed E-state index contributed by atoms with van der Waals surface area (Å²) < 4.78 is 39.1. The molecule has 1 aromatic carbocycles. The van der Waals surface area contributed by atoms with Crippen molar-refractivity contribution in [3.63, 3.8) is 0 Å². The highest BCUT2D eigenvalue weighted by molar-refractivity contribution is 5.94. The first kappa shape index (κ1) is 11.3. The Morgan fingerprint density at radius 2 is 1.71 bits per heavy atom. The Morgan fingerprint density at radius 3 is 2.35 bits per heavy atom. The molecule has 6 heteroatoms. The van der Waals surface area contributed by atoms with Crippen LogP contribution in [0.25, 0.3) is 11.1 Å². The Balaban J connectivity index is 2.64. The number of carboxylic acids is 1. The molecule has 0 radical (unpaired) electrons. The lowest BCUT2D eigenvalue weighted by Crippen LogP contribution is -2.00. The van der Waals surface area contributed by atoms with Crippen molar-refractivity contribution >= 4 is 5.97 Å². The maximum Gasteiger partial charge on any atom is 0.352 e. The van der Waals surface area contributed by atoms with Gasteiger partial charge >= 0.3 is 5.97 Å². The zero-order chi connectivity index (χ0) is 12.6. The minimum absolute atomic E-state index is 0.0334. The summed E-state index contributed by atoms with van der Waals surface area (Å²) in [5.41, 5.74) is -0.619. The van der Waals surface area contributed by atoms with Crippen LogP contribution in [0.3, 0.4) is 0 Å². The van der Waals surface area contributed by atoms with Crippen LogP contribution in [0.4, 0.5) is 13.2 Å². The molecule has 1 aromatic heterocycles. The second-order valence-corrected chi connectivity index (χ2v) is 3.32. The van der Waals surface area contributed by atoms with Crippen LogP contribution in [-0.4, -0.2) is 16.1 Å². The molecule has 1 heterocycles. The average molecular weight is 241 g/mol. The van der Waals surface area contributed by atoms with E-state index in [-0.39, 0.29) is 16.8 Å². The highest BCUT2D eigenvalue weighted by Gasteiger charge is 2.18. The number of aromatic amines is 1. The molecule has 2 rings (SSSR count). The van der Waals surface area contributed by atoms with Gasteiger partial charge < -0.3 is 10.1 Å². The highest BCUT2D eigenvalue weighted by atomic mass is 19.2. The molecule has 0 saturated carbocycles. The molecule has 0 atom stereocenters. The molecule has 2 aromatic rings. The van der Waals surface area contributed by atoms with Crippen molar-refractivity contribution in [3.05, 3.63) is 47.5 Å². The Bertz CT molecular complexity index is 592. The average Bonchev–Trinajstić information content (AvgIpc) is 2.72. The smallest absolute Gasteiger partial charge is 0.352 e. The van der Waals surface area contributed by atoms with Crippen LogP contribution in [-0.2, 0) is 0 Å². The molecule has 0 aliphatic heterocycles. The van der Waals surface area contributed by atoms with Crippen LogP contribution in [0.15, 0.2) is 24.4 Å².